The Labute approximate surface area is 157 Å². The Morgan fingerprint density at radius 3 is 2.93 bits per heavy atom. The van der Waals surface area contributed by atoms with Crippen molar-refractivity contribution in [1.29, 1.82) is 0 Å². The van der Waals surface area contributed by atoms with Gasteiger partial charge in [-0.1, -0.05) is 0 Å². The molecule has 27 heavy (non-hydrogen) atoms. The number of hydrogen-bond donors (Lipinski definition) is 1. The van der Waals surface area contributed by atoms with E-state index in [4.69, 9.17) is 4.74 Å². The third-order valence-electron chi connectivity index (χ3n) is 4.32. The van der Waals surface area contributed by atoms with E-state index in [-0.39, 0.29) is 5.88 Å². The van der Waals surface area contributed by atoms with Crippen molar-refractivity contribution >= 4 is 27.4 Å². The molecule has 1 aliphatic rings. The van der Waals surface area contributed by atoms with E-state index >= 15 is 0 Å². The maximum absolute atomic E-state index is 12.3. The number of pyridine rings is 1. The zero-order valence-corrected chi connectivity index (χ0v) is 15.4. The molecule has 0 amide bonds. The minimum Gasteiger partial charge on any atom is -0.468 e. The van der Waals surface area contributed by atoms with E-state index in [1.54, 1.807) is 17.4 Å². The minimum absolute atomic E-state index is 0.0490. The van der Waals surface area contributed by atoms with Gasteiger partial charge in [0.05, 0.1) is 5.39 Å². The summed E-state index contributed by atoms with van der Waals surface area (Å²) >= 11 is 1.72. The number of aromatic nitrogens is 3. The highest BCUT2D eigenvalue weighted by Gasteiger charge is 2.28. The molecule has 0 unspecified atom stereocenters. The van der Waals surface area contributed by atoms with E-state index in [1.807, 2.05) is 6.92 Å². The standard InChI is InChI=1S/C18H17F3N4OS/c1-10-24-16(15-12-3-2-4-13(12)27-17(15)25-10)23-8-11-5-6-22-14(7-11)26-9-18(19,20)21/h5-7H,2-4,8-9H2,1H3,(H,23,24,25). The zero-order valence-electron chi connectivity index (χ0n) is 14.6. The second kappa shape index (κ2) is 6.95. The van der Waals surface area contributed by atoms with Crippen LogP contribution in [0.5, 0.6) is 5.88 Å². The molecule has 0 radical (unpaired) electrons. The van der Waals surface area contributed by atoms with Crippen LogP contribution in [0.4, 0.5) is 19.0 Å². The number of nitrogens with zero attached hydrogens (tertiary/aromatic N) is 3. The summed E-state index contributed by atoms with van der Waals surface area (Å²) in [6.45, 7) is 0.899. The van der Waals surface area contributed by atoms with Gasteiger partial charge in [-0.05, 0) is 43.4 Å². The van der Waals surface area contributed by atoms with Gasteiger partial charge in [0.2, 0.25) is 5.88 Å². The second-order valence-electron chi connectivity index (χ2n) is 6.42. The van der Waals surface area contributed by atoms with Crippen molar-refractivity contribution in [2.45, 2.75) is 38.9 Å². The number of alkyl halides is 3. The van der Waals surface area contributed by atoms with Gasteiger partial charge in [-0.3, -0.25) is 0 Å². The summed E-state index contributed by atoms with van der Waals surface area (Å²) in [4.78, 5) is 15.3. The summed E-state index contributed by atoms with van der Waals surface area (Å²) in [7, 11) is 0. The summed E-state index contributed by atoms with van der Waals surface area (Å²) < 4.78 is 41.6. The normalized spacial score (nSPS) is 13.8. The molecule has 3 heterocycles. The van der Waals surface area contributed by atoms with Crippen molar-refractivity contribution in [3.05, 3.63) is 40.2 Å². The van der Waals surface area contributed by atoms with E-state index in [0.717, 1.165) is 40.9 Å². The minimum atomic E-state index is -4.39. The van der Waals surface area contributed by atoms with Crippen LogP contribution < -0.4 is 10.1 Å². The fourth-order valence-electron chi connectivity index (χ4n) is 3.21. The lowest BCUT2D eigenvalue weighted by Crippen LogP contribution is -2.19. The molecule has 0 saturated heterocycles. The van der Waals surface area contributed by atoms with Crippen LogP contribution in [0, 0.1) is 6.92 Å². The lowest BCUT2D eigenvalue weighted by atomic mass is 10.2. The number of thiophene rings is 1. The molecule has 142 valence electrons. The predicted molar refractivity (Wildman–Crippen MR) is 97.3 cm³/mol. The van der Waals surface area contributed by atoms with Crippen molar-refractivity contribution in [3.63, 3.8) is 0 Å². The fourth-order valence-corrected chi connectivity index (χ4v) is 4.52. The number of fused-ring (bicyclic) bond motifs is 3. The van der Waals surface area contributed by atoms with E-state index < -0.39 is 12.8 Å². The van der Waals surface area contributed by atoms with Gasteiger partial charge in [0.15, 0.2) is 6.61 Å². The number of rotatable bonds is 5. The first-order chi connectivity index (χ1) is 12.9. The monoisotopic (exact) mass is 394 g/mol. The highest BCUT2D eigenvalue weighted by atomic mass is 32.1. The summed E-state index contributed by atoms with van der Waals surface area (Å²) in [6.07, 6.45) is 0.306. The molecule has 0 aromatic carbocycles. The third kappa shape index (κ3) is 3.97. The summed E-state index contributed by atoms with van der Waals surface area (Å²) in [5, 5.41) is 4.38. The van der Waals surface area contributed by atoms with Gasteiger partial charge in [-0.15, -0.1) is 11.3 Å². The molecule has 0 atom stereocenters. The average molecular weight is 394 g/mol. The molecule has 1 aliphatic carbocycles. The largest absolute Gasteiger partial charge is 0.468 e. The van der Waals surface area contributed by atoms with E-state index in [1.165, 1.54) is 22.7 Å². The first-order valence-electron chi connectivity index (χ1n) is 8.56. The lowest BCUT2D eigenvalue weighted by Gasteiger charge is -2.11. The Balaban J connectivity index is 1.54. The SMILES string of the molecule is Cc1nc(NCc2ccnc(OCC(F)(F)F)c2)c2c3c(sc2n1)CCC3. The maximum atomic E-state index is 12.3. The van der Waals surface area contributed by atoms with Gasteiger partial charge < -0.3 is 10.1 Å². The molecule has 3 aromatic heterocycles. The van der Waals surface area contributed by atoms with E-state index in [2.05, 4.69) is 20.3 Å². The number of hydrogen-bond acceptors (Lipinski definition) is 6. The highest BCUT2D eigenvalue weighted by Crippen LogP contribution is 2.39. The van der Waals surface area contributed by atoms with Crippen LogP contribution in [0.25, 0.3) is 10.2 Å². The summed E-state index contributed by atoms with van der Waals surface area (Å²) in [5.74, 6) is 1.41. The zero-order chi connectivity index (χ0) is 19.0. The quantitative estimate of drug-likeness (QED) is 0.693. The Bertz CT molecular complexity index is 987. The lowest BCUT2D eigenvalue weighted by molar-refractivity contribution is -0.154. The van der Waals surface area contributed by atoms with Gasteiger partial charge in [0.25, 0.3) is 0 Å². The summed E-state index contributed by atoms with van der Waals surface area (Å²) in [5.41, 5.74) is 2.08. The molecule has 1 N–H and O–H groups in total. The Morgan fingerprint density at radius 1 is 1.26 bits per heavy atom. The van der Waals surface area contributed by atoms with Gasteiger partial charge in [0.1, 0.15) is 16.5 Å². The van der Waals surface area contributed by atoms with Crippen LogP contribution in [-0.2, 0) is 19.4 Å². The van der Waals surface area contributed by atoms with Crippen molar-refractivity contribution in [3.8, 4) is 5.88 Å². The molecule has 9 heteroatoms. The molecular formula is C18H17F3N4OS. The first-order valence-corrected chi connectivity index (χ1v) is 9.38. The Hall–Kier alpha value is -2.42. The van der Waals surface area contributed by atoms with Gasteiger partial charge >= 0.3 is 6.18 Å². The smallest absolute Gasteiger partial charge is 0.422 e. The number of halogens is 3. The van der Waals surface area contributed by atoms with Crippen molar-refractivity contribution < 1.29 is 17.9 Å². The molecule has 0 saturated carbocycles. The second-order valence-corrected chi connectivity index (χ2v) is 7.50. The molecule has 0 aliphatic heterocycles. The number of aryl methyl sites for hydroxylation is 3. The number of anilines is 1. The van der Waals surface area contributed by atoms with Crippen molar-refractivity contribution in [2.75, 3.05) is 11.9 Å². The van der Waals surface area contributed by atoms with Gasteiger partial charge in [-0.2, -0.15) is 13.2 Å². The van der Waals surface area contributed by atoms with E-state index in [9.17, 15) is 13.2 Å². The molecular weight excluding hydrogens is 377 g/mol. The average Bonchev–Trinajstić information content (AvgIpc) is 3.18. The van der Waals surface area contributed by atoms with E-state index in [0.29, 0.717) is 12.4 Å². The van der Waals surface area contributed by atoms with Crippen molar-refractivity contribution in [1.82, 2.24) is 15.0 Å². The number of ether oxygens (including phenoxy) is 1. The number of nitrogens with one attached hydrogen (secondary N) is 1. The van der Waals surface area contributed by atoms with Crippen molar-refractivity contribution in [2.24, 2.45) is 0 Å². The van der Waals surface area contributed by atoms with Gasteiger partial charge in [0, 0.05) is 23.7 Å². The summed E-state index contributed by atoms with van der Waals surface area (Å²) in [6, 6.07) is 3.23. The highest BCUT2D eigenvalue weighted by molar-refractivity contribution is 7.19. The first kappa shape index (κ1) is 18.0. The Morgan fingerprint density at radius 2 is 2.11 bits per heavy atom. The molecule has 5 nitrogen and oxygen atoms in total. The van der Waals surface area contributed by atoms with Crippen LogP contribution in [0.2, 0.25) is 0 Å². The molecule has 0 fully saturated rings. The van der Waals surface area contributed by atoms with Crippen LogP contribution in [0.3, 0.4) is 0 Å². The van der Waals surface area contributed by atoms with Crippen LogP contribution in [0.1, 0.15) is 28.2 Å². The van der Waals surface area contributed by atoms with Gasteiger partial charge in [-0.25, -0.2) is 15.0 Å². The third-order valence-corrected chi connectivity index (χ3v) is 5.51. The van der Waals surface area contributed by atoms with Crippen LogP contribution in [-0.4, -0.2) is 27.7 Å². The molecule has 3 aromatic rings. The maximum Gasteiger partial charge on any atom is 0.422 e. The molecule has 4 rings (SSSR count). The van der Waals surface area contributed by atoms with Crippen LogP contribution >= 0.6 is 11.3 Å². The Kier molecular flexibility index (Phi) is 4.63. The van der Waals surface area contributed by atoms with Crippen LogP contribution in [0.15, 0.2) is 18.3 Å². The fraction of sp³-hybridized carbons (Fsp3) is 0.389. The predicted octanol–water partition coefficient (Wildman–Crippen LogP) is 4.44. The topological polar surface area (TPSA) is 59.9 Å². The molecule has 0 spiro atoms. The molecule has 0 bridgehead atoms.